The number of fused-ring (bicyclic) bond motifs is 1. The molecule has 1 aromatic carbocycles. The van der Waals surface area contributed by atoms with Crippen LogP contribution in [-0.4, -0.2) is 37.1 Å². The van der Waals surface area contributed by atoms with Gasteiger partial charge in [0.05, 0.1) is 18.1 Å². The van der Waals surface area contributed by atoms with Crippen molar-refractivity contribution >= 4 is 17.2 Å². The minimum Gasteiger partial charge on any atom is -0.379 e. The number of carbonyl (C=O) groups excluding carboxylic acids is 1. The number of hydrogen-bond donors (Lipinski definition) is 1. The highest BCUT2D eigenvalue weighted by Gasteiger charge is 2.17. The van der Waals surface area contributed by atoms with Crippen molar-refractivity contribution in [2.24, 2.45) is 0 Å². The number of benzene rings is 1. The number of nitrogens with one attached hydrogen (secondary N) is 1. The highest BCUT2D eigenvalue weighted by Crippen LogP contribution is 2.29. The van der Waals surface area contributed by atoms with E-state index in [0.29, 0.717) is 6.54 Å². The first-order chi connectivity index (χ1) is 13.3. The Bertz CT molecular complexity index is 757. The number of nitrogens with zero attached hydrogens (tertiary/aromatic N) is 1. The smallest absolute Gasteiger partial charge is 0.261 e. The van der Waals surface area contributed by atoms with E-state index in [0.717, 1.165) is 50.6 Å². The topological polar surface area (TPSA) is 41.6 Å². The second-order valence-corrected chi connectivity index (χ2v) is 8.60. The third-order valence-electron chi connectivity index (χ3n) is 5.53. The molecule has 0 unspecified atom stereocenters. The molecular weight excluding hydrogens is 356 g/mol. The zero-order valence-corrected chi connectivity index (χ0v) is 16.7. The Morgan fingerprint density at radius 2 is 1.85 bits per heavy atom. The van der Waals surface area contributed by atoms with Gasteiger partial charge in [-0.15, -0.1) is 11.3 Å². The number of ether oxygens (including phenoxy) is 1. The van der Waals surface area contributed by atoms with Gasteiger partial charge in [-0.2, -0.15) is 0 Å². The molecule has 0 saturated carbocycles. The molecule has 2 aromatic rings. The molecule has 0 radical (unpaired) electrons. The van der Waals surface area contributed by atoms with Crippen LogP contribution in [-0.2, 0) is 30.7 Å². The molecule has 1 N–H and O–H groups in total. The highest BCUT2D eigenvalue weighted by atomic mass is 32.1. The predicted molar refractivity (Wildman–Crippen MR) is 109 cm³/mol. The van der Waals surface area contributed by atoms with E-state index >= 15 is 0 Å². The molecule has 4 nitrogen and oxygen atoms in total. The number of aryl methyl sites for hydroxylation is 2. The molecule has 1 fully saturated rings. The lowest BCUT2D eigenvalue weighted by atomic mass is 10.1. The minimum atomic E-state index is 0.0641. The third kappa shape index (κ3) is 4.78. The van der Waals surface area contributed by atoms with E-state index in [9.17, 15) is 4.79 Å². The van der Waals surface area contributed by atoms with Crippen molar-refractivity contribution < 1.29 is 9.53 Å². The first kappa shape index (κ1) is 18.7. The molecule has 4 rings (SSSR count). The van der Waals surface area contributed by atoms with Crippen molar-refractivity contribution in [1.82, 2.24) is 10.2 Å². The van der Waals surface area contributed by atoms with E-state index in [1.165, 1.54) is 40.8 Å². The second kappa shape index (κ2) is 9.00. The van der Waals surface area contributed by atoms with Crippen LogP contribution in [0, 0.1) is 0 Å². The van der Waals surface area contributed by atoms with E-state index in [1.807, 2.05) is 0 Å². The van der Waals surface area contributed by atoms with Gasteiger partial charge in [-0.25, -0.2) is 0 Å². The monoisotopic (exact) mass is 384 g/mol. The van der Waals surface area contributed by atoms with Gasteiger partial charge < -0.3 is 10.1 Å². The van der Waals surface area contributed by atoms with Crippen molar-refractivity contribution in [1.29, 1.82) is 0 Å². The summed E-state index contributed by atoms with van der Waals surface area (Å²) in [4.78, 5) is 17.4. The Balaban J connectivity index is 1.39. The van der Waals surface area contributed by atoms with Crippen molar-refractivity contribution in [2.45, 2.75) is 45.2 Å². The number of rotatable bonds is 5. The lowest BCUT2D eigenvalue weighted by Crippen LogP contribution is -2.36. The van der Waals surface area contributed by atoms with Gasteiger partial charge in [0.2, 0.25) is 0 Å². The quantitative estimate of drug-likeness (QED) is 0.798. The second-order valence-electron chi connectivity index (χ2n) is 7.46. The minimum absolute atomic E-state index is 0.0641. The van der Waals surface area contributed by atoms with Gasteiger partial charge in [0.1, 0.15) is 0 Å². The van der Waals surface area contributed by atoms with Crippen LogP contribution in [0.1, 0.15) is 50.5 Å². The summed E-state index contributed by atoms with van der Waals surface area (Å²) in [6, 6.07) is 10.6. The predicted octanol–water partition coefficient (Wildman–Crippen LogP) is 3.78. The molecular formula is C22H28N2O2S. The third-order valence-corrected chi connectivity index (χ3v) is 6.76. The fourth-order valence-electron chi connectivity index (χ4n) is 3.93. The van der Waals surface area contributed by atoms with Gasteiger partial charge in [0, 0.05) is 31.1 Å². The average molecular weight is 385 g/mol. The van der Waals surface area contributed by atoms with Crippen LogP contribution in [0.25, 0.3) is 0 Å². The number of amides is 1. The summed E-state index contributed by atoms with van der Waals surface area (Å²) < 4.78 is 5.44. The largest absolute Gasteiger partial charge is 0.379 e. The molecule has 1 aromatic heterocycles. The van der Waals surface area contributed by atoms with E-state index in [1.54, 1.807) is 11.3 Å². The summed E-state index contributed by atoms with van der Waals surface area (Å²) in [5.41, 5.74) is 3.90. The molecule has 2 aliphatic rings. The maximum atomic E-state index is 12.7. The fraction of sp³-hybridized carbons (Fsp3) is 0.500. The molecule has 0 spiro atoms. The highest BCUT2D eigenvalue weighted by molar-refractivity contribution is 7.14. The van der Waals surface area contributed by atoms with Crippen LogP contribution in [0.2, 0.25) is 0 Å². The van der Waals surface area contributed by atoms with Gasteiger partial charge in [0.25, 0.3) is 5.91 Å². The summed E-state index contributed by atoms with van der Waals surface area (Å²) in [6.45, 7) is 5.07. The van der Waals surface area contributed by atoms with Crippen LogP contribution >= 0.6 is 11.3 Å². The maximum Gasteiger partial charge on any atom is 0.261 e. The summed E-state index contributed by atoms with van der Waals surface area (Å²) in [5, 5.41) is 3.15. The summed E-state index contributed by atoms with van der Waals surface area (Å²) >= 11 is 1.69. The molecule has 0 atom stereocenters. The number of carbonyl (C=O) groups is 1. The molecule has 1 aliphatic heterocycles. The van der Waals surface area contributed by atoms with Gasteiger partial charge in [0.15, 0.2) is 0 Å². The number of hydrogen-bond acceptors (Lipinski definition) is 4. The standard InChI is InChI=1S/C22H28N2O2S/c25-22(21-14-17-6-2-1-3-9-20(17)27-21)23-15-18-7-4-5-8-19(18)16-24-10-12-26-13-11-24/h4-5,7-8,14H,1-3,6,9-13,15-16H2,(H,23,25). The SMILES string of the molecule is O=C(NCc1ccccc1CN1CCOCC1)c1cc2c(s1)CCCCC2. The fourth-order valence-corrected chi connectivity index (χ4v) is 5.10. The van der Waals surface area contributed by atoms with Crippen molar-refractivity contribution in [3.8, 4) is 0 Å². The number of thiophene rings is 1. The lowest BCUT2D eigenvalue weighted by molar-refractivity contribution is 0.0340. The average Bonchev–Trinajstić information content (AvgIpc) is 2.98. The number of morpholine rings is 1. The lowest BCUT2D eigenvalue weighted by Gasteiger charge is -2.27. The molecule has 144 valence electrons. The molecule has 1 saturated heterocycles. The Kier molecular flexibility index (Phi) is 6.22. The van der Waals surface area contributed by atoms with Gasteiger partial charge in [-0.3, -0.25) is 9.69 Å². The van der Waals surface area contributed by atoms with Gasteiger partial charge >= 0.3 is 0 Å². The Morgan fingerprint density at radius 3 is 2.70 bits per heavy atom. The molecule has 27 heavy (non-hydrogen) atoms. The summed E-state index contributed by atoms with van der Waals surface area (Å²) in [6.07, 6.45) is 6.07. The van der Waals surface area contributed by atoms with E-state index < -0.39 is 0 Å². The van der Waals surface area contributed by atoms with Crippen LogP contribution < -0.4 is 5.32 Å². The van der Waals surface area contributed by atoms with E-state index in [4.69, 9.17) is 4.74 Å². The van der Waals surface area contributed by atoms with Crippen LogP contribution in [0.15, 0.2) is 30.3 Å². The molecule has 5 heteroatoms. The zero-order chi connectivity index (χ0) is 18.5. The summed E-state index contributed by atoms with van der Waals surface area (Å²) in [5.74, 6) is 0.0641. The molecule has 1 aliphatic carbocycles. The Labute approximate surface area is 165 Å². The van der Waals surface area contributed by atoms with Gasteiger partial charge in [-0.1, -0.05) is 30.7 Å². The van der Waals surface area contributed by atoms with Crippen LogP contribution in [0.3, 0.4) is 0 Å². The van der Waals surface area contributed by atoms with Crippen LogP contribution in [0.4, 0.5) is 0 Å². The molecule has 2 heterocycles. The first-order valence-electron chi connectivity index (χ1n) is 10.1. The summed E-state index contributed by atoms with van der Waals surface area (Å²) in [7, 11) is 0. The Hall–Kier alpha value is -1.69. The zero-order valence-electron chi connectivity index (χ0n) is 15.8. The van der Waals surface area contributed by atoms with E-state index in [2.05, 4.69) is 40.5 Å². The van der Waals surface area contributed by atoms with E-state index in [-0.39, 0.29) is 5.91 Å². The van der Waals surface area contributed by atoms with Gasteiger partial charge in [-0.05, 0) is 48.4 Å². The first-order valence-corrected chi connectivity index (χ1v) is 10.9. The normalized spacial score (nSPS) is 17.9. The van der Waals surface area contributed by atoms with Crippen molar-refractivity contribution in [2.75, 3.05) is 26.3 Å². The van der Waals surface area contributed by atoms with Crippen LogP contribution in [0.5, 0.6) is 0 Å². The molecule has 1 amide bonds. The van der Waals surface area contributed by atoms with Crippen molar-refractivity contribution in [3.63, 3.8) is 0 Å². The molecule has 0 bridgehead atoms. The maximum absolute atomic E-state index is 12.7. The van der Waals surface area contributed by atoms with Crippen molar-refractivity contribution in [3.05, 3.63) is 56.8 Å². The Morgan fingerprint density at radius 1 is 1.07 bits per heavy atom.